The summed E-state index contributed by atoms with van der Waals surface area (Å²) in [5.41, 5.74) is 1.18. The van der Waals surface area contributed by atoms with Gasteiger partial charge in [0.2, 0.25) is 5.92 Å². The lowest BCUT2D eigenvalue weighted by atomic mass is 9.81. The number of nitrogens with zero attached hydrogens (tertiary/aromatic N) is 4. The van der Waals surface area contributed by atoms with Crippen LogP contribution < -0.4 is 10.6 Å². The molecule has 0 aromatic carbocycles. The maximum absolute atomic E-state index is 13.8. The third kappa shape index (κ3) is 6.41. The average Bonchev–Trinajstić information content (AvgIpc) is 3.17. The number of halogens is 2. The number of hydrogen-bond donors (Lipinski definition) is 2. The number of imidazole rings is 1. The number of nitrogens with one attached hydrogen (secondary N) is 2. The molecule has 0 bridgehead atoms. The van der Waals surface area contributed by atoms with Gasteiger partial charge in [0.25, 0.3) is 0 Å². The number of carbonyl (C=O) groups excluding carboxylic acids is 2. The Hall–Kier alpha value is -2.98. The van der Waals surface area contributed by atoms with E-state index in [4.69, 9.17) is 9.72 Å². The van der Waals surface area contributed by atoms with Crippen LogP contribution in [-0.4, -0.2) is 56.2 Å². The third-order valence-corrected chi connectivity index (χ3v) is 6.62. The number of urea groups is 1. The van der Waals surface area contributed by atoms with Crippen LogP contribution in [0.2, 0.25) is 0 Å². The molecule has 198 valence electrons. The van der Waals surface area contributed by atoms with E-state index in [-0.39, 0.29) is 43.0 Å². The number of aromatic nitrogens is 3. The molecule has 9 nitrogen and oxygen atoms in total. The summed E-state index contributed by atoms with van der Waals surface area (Å²) in [6, 6.07) is 1.15. The van der Waals surface area contributed by atoms with Crippen LogP contribution in [-0.2, 0) is 11.3 Å². The molecule has 2 N–H and O–H groups in total. The molecule has 1 aliphatic heterocycles. The first-order valence-electron chi connectivity index (χ1n) is 12.4. The second kappa shape index (κ2) is 9.48. The first kappa shape index (κ1) is 26.1. The smallest absolute Gasteiger partial charge is 0.408 e. The van der Waals surface area contributed by atoms with Crippen molar-refractivity contribution in [2.24, 2.45) is 11.3 Å². The van der Waals surface area contributed by atoms with Crippen molar-refractivity contribution >= 4 is 17.8 Å². The minimum atomic E-state index is -2.68. The Balaban J connectivity index is 1.57. The van der Waals surface area contributed by atoms with E-state index in [0.29, 0.717) is 31.0 Å². The summed E-state index contributed by atoms with van der Waals surface area (Å²) in [6.07, 6.45) is 2.85. The fourth-order valence-corrected chi connectivity index (χ4v) is 4.85. The van der Waals surface area contributed by atoms with E-state index in [1.807, 2.05) is 6.07 Å². The molecule has 11 heteroatoms. The maximum atomic E-state index is 13.8. The molecule has 4 rings (SSSR count). The van der Waals surface area contributed by atoms with Gasteiger partial charge in [-0.2, -0.15) is 5.10 Å². The molecule has 36 heavy (non-hydrogen) atoms. The molecule has 1 saturated carbocycles. The summed E-state index contributed by atoms with van der Waals surface area (Å²) in [4.78, 5) is 31.4. The van der Waals surface area contributed by atoms with Crippen LogP contribution in [0.4, 0.5) is 18.4 Å². The fourth-order valence-electron chi connectivity index (χ4n) is 4.85. The summed E-state index contributed by atoms with van der Waals surface area (Å²) in [6.45, 7) is 11.1. The highest BCUT2D eigenvalue weighted by molar-refractivity contribution is 5.75. The average molecular weight is 507 g/mol. The van der Waals surface area contributed by atoms with Gasteiger partial charge in [-0.05, 0) is 56.6 Å². The molecule has 3 heterocycles. The van der Waals surface area contributed by atoms with Crippen molar-refractivity contribution in [2.75, 3.05) is 13.1 Å². The van der Waals surface area contributed by atoms with Gasteiger partial charge in [0.15, 0.2) is 5.65 Å². The molecule has 2 aromatic heterocycles. The zero-order valence-electron chi connectivity index (χ0n) is 21.6. The topological polar surface area (TPSA) is 101 Å². The number of alkyl carbamates (subject to hydrolysis) is 1. The van der Waals surface area contributed by atoms with Gasteiger partial charge in [-0.1, -0.05) is 13.8 Å². The lowest BCUT2D eigenvalue weighted by Crippen LogP contribution is -2.54. The Morgan fingerprint density at radius 1 is 1.31 bits per heavy atom. The highest BCUT2D eigenvalue weighted by Gasteiger charge is 2.40. The van der Waals surface area contributed by atoms with E-state index in [9.17, 15) is 18.4 Å². The largest absolute Gasteiger partial charge is 0.444 e. The Kier molecular flexibility index (Phi) is 6.87. The summed E-state index contributed by atoms with van der Waals surface area (Å²) in [5.74, 6) is -2.89. The summed E-state index contributed by atoms with van der Waals surface area (Å²) >= 11 is 0. The zero-order chi connectivity index (χ0) is 26.3. The van der Waals surface area contributed by atoms with E-state index < -0.39 is 23.7 Å². The molecule has 2 fully saturated rings. The van der Waals surface area contributed by atoms with Crippen LogP contribution >= 0.6 is 0 Å². The van der Waals surface area contributed by atoms with E-state index in [2.05, 4.69) is 29.6 Å². The Morgan fingerprint density at radius 2 is 2.00 bits per heavy atom. The molecule has 0 unspecified atom stereocenters. The van der Waals surface area contributed by atoms with E-state index in [1.165, 1.54) is 0 Å². The van der Waals surface area contributed by atoms with Crippen LogP contribution in [0, 0.1) is 11.3 Å². The number of hydrogen-bond acceptors (Lipinski definition) is 5. The lowest BCUT2D eigenvalue weighted by molar-refractivity contribution is -0.0500. The van der Waals surface area contributed by atoms with E-state index in [0.717, 1.165) is 5.56 Å². The van der Waals surface area contributed by atoms with Gasteiger partial charge in [0.05, 0.1) is 24.1 Å². The van der Waals surface area contributed by atoms with Gasteiger partial charge in [0, 0.05) is 32.5 Å². The second-order valence-corrected chi connectivity index (χ2v) is 11.8. The first-order chi connectivity index (χ1) is 16.7. The first-order valence-corrected chi connectivity index (χ1v) is 12.4. The van der Waals surface area contributed by atoms with Gasteiger partial charge in [-0.25, -0.2) is 27.9 Å². The standard InChI is InChI=1S/C25H36F2N6O3/c1-23(2,3)36-22(35)31-20(17-6-8-25(26,27)9-7-17)18-13-33-19(30-18)10-16(11-29-33)12-32-15-24(4,5)14-28-21(32)34/h10-11,13,17,20H,6-9,12,14-15H2,1-5H3,(H,28,34)(H,31,35)/t20-/m0/s1. The number of alkyl halides is 2. The van der Waals surface area contributed by atoms with Gasteiger partial charge < -0.3 is 20.3 Å². The van der Waals surface area contributed by atoms with E-state index >= 15 is 0 Å². The highest BCUT2D eigenvalue weighted by atomic mass is 19.3. The second-order valence-electron chi connectivity index (χ2n) is 11.8. The SMILES string of the molecule is CC1(C)CNC(=O)N(Cc2cnn3cc([C@@H](NC(=O)OC(C)(C)C)C4CCC(F)(F)CC4)nc3c2)C1. The minimum absolute atomic E-state index is 0.0384. The summed E-state index contributed by atoms with van der Waals surface area (Å²) < 4.78 is 34.7. The van der Waals surface area contributed by atoms with Crippen LogP contribution in [0.3, 0.4) is 0 Å². The Bertz CT molecular complexity index is 1120. The minimum Gasteiger partial charge on any atom is -0.444 e. The van der Waals surface area contributed by atoms with Crippen molar-refractivity contribution in [3.05, 3.63) is 29.7 Å². The molecular formula is C25H36F2N6O3. The van der Waals surface area contributed by atoms with Crippen molar-refractivity contribution in [3.63, 3.8) is 0 Å². The molecule has 3 amide bonds. The normalized spacial score (nSPS) is 21.2. The van der Waals surface area contributed by atoms with Crippen molar-refractivity contribution in [1.29, 1.82) is 0 Å². The van der Waals surface area contributed by atoms with Crippen molar-refractivity contribution in [1.82, 2.24) is 30.1 Å². The molecule has 2 aliphatic rings. The number of rotatable bonds is 5. The molecule has 0 radical (unpaired) electrons. The van der Waals surface area contributed by atoms with Crippen molar-refractivity contribution < 1.29 is 23.1 Å². The Morgan fingerprint density at radius 3 is 2.67 bits per heavy atom. The van der Waals surface area contributed by atoms with Crippen LogP contribution in [0.15, 0.2) is 18.5 Å². The van der Waals surface area contributed by atoms with Crippen LogP contribution in [0.25, 0.3) is 5.65 Å². The number of carbonyl (C=O) groups is 2. The van der Waals surface area contributed by atoms with Gasteiger partial charge in [-0.3, -0.25) is 0 Å². The molecule has 0 spiro atoms. The fraction of sp³-hybridized carbons (Fsp3) is 0.680. The van der Waals surface area contributed by atoms with Gasteiger partial charge in [0.1, 0.15) is 5.60 Å². The number of ether oxygens (including phenoxy) is 1. The van der Waals surface area contributed by atoms with Crippen LogP contribution in [0.1, 0.15) is 77.6 Å². The lowest BCUT2D eigenvalue weighted by Gasteiger charge is -2.38. The predicted octanol–water partition coefficient (Wildman–Crippen LogP) is 4.67. The van der Waals surface area contributed by atoms with Crippen LogP contribution in [0.5, 0.6) is 0 Å². The number of fused-ring (bicyclic) bond motifs is 1. The van der Waals surface area contributed by atoms with Crippen molar-refractivity contribution in [2.45, 2.75) is 84.4 Å². The highest BCUT2D eigenvalue weighted by Crippen LogP contribution is 2.41. The molecule has 1 aliphatic carbocycles. The van der Waals surface area contributed by atoms with E-state index in [1.54, 1.807) is 42.6 Å². The number of amides is 3. The zero-order valence-corrected chi connectivity index (χ0v) is 21.6. The van der Waals surface area contributed by atoms with Gasteiger partial charge >= 0.3 is 12.1 Å². The van der Waals surface area contributed by atoms with Gasteiger partial charge in [-0.15, -0.1) is 0 Å². The molecule has 1 saturated heterocycles. The maximum Gasteiger partial charge on any atom is 0.408 e. The monoisotopic (exact) mass is 506 g/mol. The van der Waals surface area contributed by atoms with Crippen molar-refractivity contribution in [3.8, 4) is 0 Å². The molecular weight excluding hydrogens is 470 g/mol. The predicted molar refractivity (Wildman–Crippen MR) is 130 cm³/mol. The third-order valence-electron chi connectivity index (χ3n) is 6.62. The quantitative estimate of drug-likeness (QED) is 0.614. The molecule has 2 aromatic rings. The molecule has 1 atom stereocenters. The summed E-state index contributed by atoms with van der Waals surface area (Å²) in [5, 5.41) is 10.2. The Labute approximate surface area is 210 Å². The summed E-state index contributed by atoms with van der Waals surface area (Å²) in [7, 11) is 0.